The molecule has 0 amide bonds. The number of fused-ring (bicyclic) bond motifs is 1. The van der Waals surface area contributed by atoms with Crippen LogP contribution in [0.3, 0.4) is 0 Å². The molecule has 0 atom stereocenters. The summed E-state index contributed by atoms with van der Waals surface area (Å²) < 4.78 is 16.3. The summed E-state index contributed by atoms with van der Waals surface area (Å²) in [5.41, 5.74) is 6.94. The molecule has 0 unspecified atom stereocenters. The van der Waals surface area contributed by atoms with E-state index in [1.165, 1.54) is 0 Å². The van der Waals surface area contributed by atoms with Gasteiger partial charge in [-0.3, -0.25) is 5.41 Å². The summed E-state index contributed by atoms with van der Waals surface area (Å²) in [6.07, 6.45) is 0. The van der Waals surface area contributed by atoms with Gasteiger partial charge in [-0.05, 0) is 35.9 Å². The predicted molar refractivity (Wildman–Crippen MR) is 79.4 cm³/mol. The van der Waals surface area contributed by atoms with Gasteiger partial charge in [-0.25, -0.2) is 0 Å². The molecule has 0 aliphatic carbocycles. The van der Waals surface area contributed by atoms with E-state index in [9.17, 15) is 0 Å². The summed E-state index contributed by atoms with van der Waals surface area (Å²) in [6, 6.07) is 10.6. The number of ether oxygens (including phenoxy) is 3. The quantitative estimate of drug-likeness (QED) is 0.672. The van der Waals surface area contributed by atoms with E-state index in [1.54, 1.807) is 18.2 Å². The summed E-state index contributed by atoms with van der Waals surface area (Å²) in [4.78, 5) is 0. The Bertz CT molecular complexity index is 703. The third kappa shape index (κ3) is 2.87. The van der Waals surface area contributed by atoms with Crippen molar-refractivity contribution in [1.82, 2.24) is 0 Å². The first-order valence-electron chi connectivity index (χ1n) is 6.29. The molecule has 0 radical (unpaired) electrons. The molecule has 21 heavy (non-hydrogen) atoms. The number of nitrogens with one attached hydrogen (secondary N) is 1. The largest absolute Gasteiger partial charge is 0.488 e. The van der Waals surface area contributed by atoms with E-state index >= 15 is 0 Å². The molecule has 5 nitrogen and oxygen atoms in total. The molecule has 0 bridgehead atoms. The zero-order valence-corrected chi connectivity index (χ0v) is 11.8. The maximum atomic E-state index is 7.56. The van der Waals surface area contributed by atoms with E-state index in [1.807, 2.05) is 18.2 Å². The van der Waals surface area contributed by atoms with Crippen LogP contribution >= 0.6 is 11.6 Å². The van der Waals surface area contributed by atoms with E-state index in [0.717, 1.165) is 11.3 Å². The highest BCUT2D eigenvalue weighted by Crippen LogP contribution is 2.33. The van der Waals surface area contributed by atoms with Gasteiger partial charge >= 0.3 is 0 Å². The van der Waals surface area contributed by atoms with E-state index in [2.05, 4.69) is 0 Å². The molecule has 1 aliphatic rings. The van der Waals surface area contributed by atoms with Crippen LogP contribution in [0.5, 0.6) is 17.2 Å². The topological polar surface area (TPSA) is 77.6 Å². The van der Waals surface area contributed by atoms with Gasteiger partial charge in [-0.1, -0.05) is 17.7 Å². The van der Waals surface area contributed by atoms with Crippen LogP contribution in [0.2, 0.25) is 5.02 Å². The number of hydrogen-bond donors (Lipinski definition) is 2. The molecule has 3 N–H and O–H groups in total. The second kappa shape index (κ2) is 5.54. The van der Waals surface area contributed by atoms with Crippen molar-refractivity contribution in [2.75, 3.05) is 6.79 Å². The van der Waals surface area contributed by atoms with Gasteiger partial charge in [0.05, 0.1) is 5.56 Å². The van der Waals surface area contributed by atoms with Crippen LogP contribution in [0.15, 0.2) is 36.4 Å². The number of halogens is 1. The standard InChI is InChI=1S/C15H13ClN2O3/c16-10-2-4-12(11(6-10)15(17)18)19-7-9-1-3-13-14(5-9)21-8-20-13/h1-6H,7-8H2,(H3,17,18). The summed E-state index contributed by atoms with van der Waals surface area (Å²) in [5, 5.41) is 8.07. The average molecular weight is 305 g/mol. The summed E-state index contributed by atoms with van der Waals surface area (Å²) >= 11 is 5.90. The fourth-order valence-corrected chi connectivity index (χ4v) is 2.20. The lowest BCUT2D eigenvalue weighted by Gasteiger charge is -2.11. The Labute approximate surface area is 126 Å². The molecule has 0 saturated heterocycles. The molecule has 0 saturated carbocycles. The maximum Gasteiger partial charge on any atom is 0.231 e. The highest BCUT2D eigenvalue weighted by Gasteiger charge is 2.14. The number of nitrogens with two attached hydrogens (primary N) is 1. The zero-order valence-electron chi connectivity index (χ0n) is 11.1. The van der Waals surface area contributed by atoms with E-state index in [0.29, 0.717) is 28.7 Å². The molecule has 0 fully saturated rings. The molecule has 1 aliphatic heterocycles. The van der Waals surface area contributed by atoms with Crippen molar-refractivity contribution in [2.24, 2.45) is 5.73 Å². The van der Waals surface area contributed by atoms with Crippen LogP contribution < -0.4 is 19.9 Å². The first-order chi connectivity index (χ1) is 10.1. The molecule has 0 aromatic heterocycles. The normalized spacial score (nSPS) is 12.2. The first-order valence-corrected chi connectivity index (χ1v) is 6.66. The van der Waals surface area contributed by atoms with Crippen molar-refractivity contribution in [3.63, 3.8) is 0 Å². The highest BCUT2D eigenvalue weighted by atomic mass is 35.5. The number of hydrogen-bond acceptors (Lipinski definition) is 4. The van der Waals surface area contributed by atoms with Gasteiger partial charge in [0, 0.05) is 5.02 Å². The molecule has 2 aromatic carbocycles. The lowest BCUT2D eigenvalue weighted by Crippen LogP contribution is -2.13. The van der Waals surface area contributed by atoms with Gasteiger partial charge in [0.2, 0.25) is 6.79 Å². The smallest absolute Gasteiger partial charge is 0.231 e. The minimum Gasteiger partial charge on any atom is -0.488 e. The van der Waals surface area contributed by atoms with Gasteiger partial charge in [0.15, 0.2) is 11.5 Å². The van der Waals surface area contributed by atoms with Crippen LogP contribution in [-0.2, 0) is 6.61 Å². The fourth-order valence-electron chi connectivity index (χ4n) is 2.03. The van der Waals surface area contributed by atoms with E-state index < -0.39 is 0 Å². The van der Waals surface area contributed by atoms with Crippen molar-refractivity contribution in [1.29, 1.82) is 5.41 Å². The monoisotopic (exact) mass is 304 g/mol. The summed E-state index contributed by atoms with van der Waals surface area (Å²) in [5.74, 6) is 1.87. The third-order valence-corrected chi connectivity index (χ3v) is 3.30. The molecule has 2 aromatic rings. The van der Waals surface area contributed by atoms with Crippen molar-refractivity contribution in [3.05, 3.63) is 52.5 Å². The molecule has 3 rings (SSSR count). The summed E-state index contributed by atoms with van der Waals surface area (Å²) in [6.45, 7) is 0.573. The zero-order chi connectivity index (χ0) is 14.8. The number of benzene rings is 2. The Morgan fingerprint density at radius 2 is 2.00 bits per heavy atom. The van der Waals surface area contributed by atoms with Crippen molar-refractivity contribution >= 4 is 17.4 Å². The van der Waals surface area contributed by atoms with Gasteiger partial charge in [-0.15, -0.1) is 0 Å². The van der Waals surface area contributed by atoms with Crippen molar-refractivity contribution < 1.29 is 14.2 Å². The lowest BCUT2D eigenvalue weighted by molar-refractivity contribution is 0.174. The first kappa shape index (κ1) is 13.6. The minimum absolute atomic E-state index is 0.0850. The molecule has 108 valence electrons. The van der Waals surface area contributed by atoms with Crippen molar-refractivity contribution in [2.45, 2.75) is 6.61 Å². The number of amidine groups is 1. The van der Waals surface area contributed by atoms with E-state index in [-0.39, 0.29) is 12.6 Å². The van der Waals surface area contributed by atoms with Gasteiger partial charge in [0.1, 0.15) is 18.2 Å². The van der Waals surface area contributed by atoms with Gasteiger partial charge < -0.3 is 19.9 Å². The van der Waals surface area contributed by atoms with E-state index in [4.69, 9.17) is 37.0 Å². The Balaban J connectivity index is 1.77. The minimum atomic E-state index is -0.0850. The fraction of sp³-hybridized carbons (Fsp3) is 0.133. The molecule has 6 heteroatoms. The Morgan fingerprint density at radius 1 is 1.19 bits per heavy atom. The SMILES string of the molecule is N=C(N)c1cc(Cl)ccc1OCc1ccc2c(c1)OCO2. The highest BCUT2D eigenvalue weighted by molar-refractivity contribution is 6.31. The Kier molecular flexibility index (Phi) is 3.58. The number of nitrogen functional groups attached to an aromatic ring is 1. The van der Waals surface area contributed by atoms with Gasteiger partial charge in [-0.2, -0.15) is 0 Å². The maximum absolute atomic E-state index is 7.56. The predicted octanol–water partition coefficient (Wildman–Crippen LogP) is 2.93. The number of rotatable bonds is 4. The molecule has 1 heterocycles. The van der Waals surface area contributed by atoms with Crippen LogP contribution in [-0.4, -0.2) is 12.6 Å². The summed E-state index contributed by atoms with van der Waals surface area (Å²) in [7, 11) is 0. The van der Waals surface area contributed by atoms with Crippen LogP contribution in [0, 0.1) is 5.41 Å². The lowest BCUT2D eigenvalue weighted by atomic mass is 10.2. The van der Waals surface area contributed by atoms with Crippen LogP contribution in [0.4, 0.5) is 0 Å². The second-order valence-corrected chi connectivity index (χ2v) is 4.97. The third-order valence-electron chi connectivity index (χ3n) is 3.06. The van der Waals surface area contributed by atoms with Crippen LogP contribution in [0.1, 0.15) is 11.1 Å². The Hall–Kier alpha value is -2.40. The Morgan fingerprint density at radius 3 is 2.81 bits per heavy atom. The average Bonchev–Trinajstić information content (AvgIpc) is 2.93. The van der Waals surface area contributed by atoms with Crippen LogP contribution in [0.25, 0.3) is 0 Å². The molecular weight excluding hydrogens is 292 g/mol. The second-order valence-electron chi connectivity index (χ2n) is 4.53. The van der Waals surface area contributed by atoms with Crippen molar-refractivity contribution in [3.8, 4) is 17.2 Å². The molecular formula is C15H13ClN2O3. The van der Waals surface area contributed by atoms with Gasteiger partial charge in [0.25, 0.3) is 0 Å². The molecule has 0 spiro atoms.